The molecule has 0 bridgehead atoms. The standard InChI is InChI=1S/C15H15N3/c1-9-7-16-14-6-13(8-17-15(9)14)12-4-10(2)18-11(3)5-12/h4-8,16H,1-3H3. The summed E-state index contributed by atoms with van der Waals surface area (Å²) in [7, 11) is 0. The SMILES string of the molecule is Cc1cc(-c2cnc3c(C)c[nH]c3c2)cc(C)n1. The molecule has 0 saturated carbocycles. The van der Waals surface area contributed by atoms with Gasteiger partial charge in [-0.15, -0.1) is 0 Å². The minimum absolute atomic E-state index is 1.03. The van der Waals surface area contributed by atoms with Gasteiger partial charge in [0.2, 0.25) is 0 Å². The Morgan fingerprint density at radius 3 is 2.39 bits per heavy atom. The number of hydrogen-bond acceptors (Lipinski definition) is 2. The van der Waals surface area contributed by atoms with Crippen LogP contribution in [0.1, 0.15) is 17.0 Å². The molecule has 0 unspecified atom stereocenters. The maximum absolute atomic E-state index is 4.52. The van der Waals surface area contributed by atoms with Crippen molar-refractivity contribution in [3.05, 3.63) is 47.5 Å². The number of pyridine rings is 2. The molecular weight excluding hydrogens is 222 g/mol. The molecule has 3 aromatic heterocycles. The molecule has 3 heteroatoms. The predicted octanol–water partition coefficient (Wildman–Crippen LogP) is 3.55. The topological polar surface area (TPSA) is 41.6 Å². The number of hydrogen-bond donors (Lipinski definition) is 1. The maximum atomic E-state index is 4.52. The second kappa shape index (κ2) is 3.95. The molecule has 0 fully saturated rings. The van der Waals surface area contributed by atoms with E-state index in [-0.39, 0.29) is 0 Å². The lowest BCUT2D eigenvalue weighted by Gasteiger charge is -2.04. The highest BCUT2D eigenvalue weighted by atomic mass is 14.8. The van der Waals surface area contributed by atoms with E-state index in [1.165, 1.54) is 11.1 Å². The highest BCUT2D eigenvalue weighted by molar-refractivity contribution is 5.83. The van der Waals surface area contributed by atoms with Crippen LogP contribution in [0.3, 0.4) is 0 Å². The first-order valence-corrected chi connectivity index (χ1v) is 6.03. The molecule has 0 saturated heterocycles. The Hall–Kier alpha value is -2.16. The minimum atomic E-state index is 1.03. The molecule has 0 aliphatic carbocycles. The number of aromatic amines is 1. The van der Waals surface area contributed by atoms with Gasteiger partial charge in [-0.25, -0.2) is 0 Å². The number of fused-ring (bicyclic) bond motifs is 1. The van der Waals surface area contributed by atoms with Gasteiger partial charge in [0.25, 0.3) is 0 Å². The highest BCUT2D eigenvalue weighted by Gasteiger charge is 2.05. The van der Waals surface area contributed by atoms with Crippen LogP contribution in [0.5, 0.6) is 0 Å². The quantitative estimate of drug-likeness (QED) is 0.703. The van der Waals surface area contributed by atoms with E-state index in [1.807, 2.05) is 26.2 Å². The summed E-state index contributed by atoms with van der Waals surface area (Å²) in [5.41, 5.74) is 7.66. The number of rotatable bonds is 1. The first-order valence-electron chi connectivity index (χ1n) is 6.03. The Balaban J connectivity index is 2.18. The van der Waals surface area contributed by atoms with Gasteiger partial charge in [0.15, 0.2) is 0 Å². The Bertz CT molecular complexity index is 705. The van der Waals surface area contributed by atoms with Gasteiger partial charge in [0.1, 0.15) is 0 Å². The molecule has 3 rings (SSSR count). The minimum Gasteiger partial charge on any atom is -0.360 e. The van der Waals surface area contributed by atoms with E-state index in [0.717, 1.165) is 28.0 Å². The number of aromatic nitrogens is 3. The summed E-state index contributed by atoms with van der Waals surface area (Å²) in [5.74, 6) is 0. The zero-order valence-electron chi connectivity index (χ0n) is 10.8. The zero-order valence-corrected chi connectivity index (χ0v) is 10.8. The molecule has 1 N–H and O–H groups in total. The first-order chi connectivity index (χ1) is 8.63. The molecule has 18 heavy (non-hydrogen) atoms. The fourth-order valence-corrected chi connectivity index (χ4v) is 2.30. The van der Waals surface area contributed by atoms with Crippen LogP contribution in [0.15, 0.2) is 30.6 Å². The van der Waals surface area contributed by atoms with Gasteiger partial charge >= 0.3 is 0 Å². The van der Waals surface area contributed by atoms with Crippen LogP contribution in [0.25, 0.3) is 22.2 Å². The summed E-state index contributed by atoms with van der Waals surface area (Å²) in [6, 6.07) is 6.32. The van der Waals surface area contributed by atoms with Crippen molar-refractivity contribution in [2.24, 2.45) is 0 Å². The van der Waals surface area contributed by atoms with Crippen molar-refractivity contribution in [3.8, 4) is 11.1 Å². The van der Waals surface area contributed by atoms with E-state index >= 15 is 0 Å². The number of nitrogens with one attached hydrogen (secondary N) is 1. The van der Waals surface area contributed by atoms with Gasteiger partial charge in [-0.1, -0.05) is 0 Å². The average Bonchev–Trinajstić information content (AvgIpc) is 2.69. The van der Waals surface area contributed by atoms with Gasteiger partial charge in [-0.2, -0.15) is 0 Å². The highest BCUT2D eigenvalue weighted by Crippen LogP contribution is 2.24. The van der Waals surface area contributed by atoms with E-state index in [1.54, 1.807) is 0 Å². The molecule has 0 aliphatic heterocycles. The van der Waals surface area contributed by atoms with Gasteiger partial charge in [0, 0.05) is 29.3 Å². The van der Waals surface area contributed by atoms with Crippen molar-refractivity contribution < 1.29 is 0 Å². The predicted molar refractivity (Wildman–Crippen MR) is 73.5 cm³/mol. The lowest BCUT2D eigenvalue weighted by atomic mass is 10.1. The number of H-pyrrole nitrogens is 1. The smallest absolute Gasteiger partial charge is 0.0908 e. The third kappa shape index (κ3) is 1.78. The van der Waals surface area contributed by atoms with Crippen LogP contribution in [0.4, 0.5) is 0 Å². The Morgan fingerprint density at radius 2 is 1.67 bits per heavy atom. The van der Waals surface area contributed by atoms with E-state index in [2.05, 4.69) is 40.1 Å². The second-order valence-electron chi connectivity index (χ2n) is 4.73. The average molecular weight is 237 g/mol. The van der Waals surface area contributed by atoms with Crippen molar-refractivity contribution >= 4 is 11.0 Å². The molecule has 0 amide bonds. The zero-order chi connectivity index (χ0) is 12.7. The fourth-order valence-electron chi connectivity index (χ4n) is 2.30. The molecule has 0 spiro atoms. The monoisotopic (exact) mass is 237 g/mol. The van der Waals surface area contributed by atoms with Crippen molar-refractivity contribution in [1.82, 2.24) is 15.0 Å². The molecule has 0 aliphatic rings. The molecular formula is C15H15N3. The van der Waals surface area contributed by atoms with Crippen molar-refractivity contribution in [2.75, 3.05) is 0 Å². The summed E-state index contributed by atoms with van der Waals surface area (Å²) < 4.78 is 0. The summed E-state index contributed by atoms with van der Waals surface area (Å²) in [6.45, 7) is 6.09. The van der Waals surface area contributed by atoms with Crippen molar-refractivity contribution in [3.63, 3.8) is 0 Å². The third-order valence-electron chi connectivity index (χ3n) is 3.12. The van der Waals surface area contributed by atoms with Gasteiger partial charge in [0.05, 0.1) is 11.0 Å². The summed E-state index contributed by atoms with van der Waals surface area (Å²) in [6.07, 6.45) is 3.92. The molecule has 3 nitrogen and oxygen atoms in total. The van der Waals surface area contributed by atoms with E-state index in [9.17, 15) is 0 Å². The Morgan fingerprint density at radius 1 is 0.944 bits per heavy atom. The normalized spacial score (nSPS) is 11.1. The van der Waals surface area contributed by atoms with Crippen LogP contribution >= 0.6 is 0 Å². The van der Waals surface area contributed by atoms with Gasteiger partial charge < -0.3 is 4.98 Å². The van der Waals surface area contributed by atoms with Crippen LogP contribution in [0.2, 0.25) is 0 Å². The molecule has 0 atom stereocenters. The Kier molecular flexibility index (Phi) is 2.40. The van der Waals surface area contributed by atoms with Gasteiger partial charge in [-0.05, 0) is 50.1 Å². The maximum Gasteiger partial charge on any atom is 0.0908 e. The van der Waals surface area contributed by atoms with E-state index in [4.69, 9.17) is 0 Å². The summed E-state index contributed by atoms with van der Waals surface area (Å²) in [4.78, 5) is 12.2. The Labute approximate surface area is 106 Å². The van der Waals surface area contributed by atoms with Crippen LogP contribution in [0, 0.1) is 20.8 Å². The summed E-state index contributed by atoms with van der Waals surface area (Å²) in [5, 5.41) is 0. The molecule has 3 aromatic rings. The third-order valence-corrected chi connectivity index (χ3v) is 3.12. The van der Waals surface area contributed by atoms with Crippen molar-refractivity contribution in [2.45, 2.75) is 20.8 Å². The van der Waals surface area contributed by atoms with Crippen LogP contribution < -0.4 is 0 Å². The largest absolute Gasteiger partial charge is 0.360 e. The fraction of sp³-hybridized carbons (Fsp3) is 0.200. The first kappa shape index (κ1) is 11.0. The number of nitrogens with zero attached hydrogens (tertiary/aromatic N) is 2. The molecule has 90 valence electrons. The summed E-state index contributed by atoms with van der Waals surface area (Å²) >= 11 is 0. The van der Waals surface area contributed by atoms with E-state index in [0.29, 0.717) is 0 Å². The van der Waals surface area contributed by atoms with Gasteiger partial charge in [-0.3, -0.25) is 9.97 Å². The second-order valence-corrected chi connectivity index (χ2v) is 4.73. The molecule has 3 heterocycles. The van der Waals surface area contributed by atoms with Crippen molar-refractivity contribution in [1.29, 1.82) is 0 Å². The molecule has 0 radical (unpaired) electrons. The van der Waals surface area contributed by atoms with Crippen LogP contribution in [-0.4, -0.2) is 15.0 Å². The molecule has 0 aromatic carbocycles. The lowest BCUT2D eigenvalue weighted by Crippen LogP contribution is -1.89. The number of aryl methyl sites for hydroxylation is 3. The lowest BCUT2D eigenvalue weighted by molar-refractivity contribution is 1.12. The van der Waals surface area contributed by atoms with E-state index < -0.39 is 0 Å². The van der Waals surface area contributed by atoms with Crippen LogP contribution in [-0.2, 0) is 0 Å².